The number of benzene rings is 2. The molecule has 214 valence electrons. The van der Waals surface area contributed by atoms with Gasteiger partial charge in [-0.1, -0.05) is 26.0 Å². The fraction of sp³-hybridized carbons (Fsp3) is 0.500. The molecule has 39 heavy (non-hydrogen) atoms. The molecule has 2 atom stereocenters. The summed E-state index contributed by atoms with van der Waals surface area (Å²) in [7, 11) is -2.29. The zero-order valence-electron chi connectivity index (χ0n) is 23.3. The van der Waals surface area contributed by atoms with Crippen LogP contribution in [0.2, 0.25) is 0 Å². The van der Waals surface area contributed by atoms with Crippen molar-refractivity contribution in [3.63, 3.8) is 0 Å². The lowest BCUT2D eigenvalue weighted by Crippen LogP contribution is -2.53. The van der Waals surface area contributed by atoms with Crippen molar-refractivity contribution in [3.8, 4) is 17.2 Å². The molecule has 11 heteroatoms. The lowest BCUT2D eigenvalue weighted by Gasteiger charge is -2.34. The van der Waals surface area contributed by atoms with Crippen LogP contribution in [0.5, 0.6) is 17.2 Å². The molecule has 0 saturated carbocycles. The van der Waals surface area contributed by atoms with Gasteiger partial charge in [0.2, 0.25) is 21.8 Å². The average molecular weight is 562 g/mol. The van der Waals surface area contributed by atoms with Gasteiger partial charge in [-0.2, -0.15) is 0 Å². The third-order valence-electron chi connectivity index (χ3n) is 6.69. The van der Waals surface area contributed by atoms with Gasteiger partial charge in [0.25, 0.3) is 0 Å². The van der Waals surface area contributed by atoms with E-state index < -0.39 is 28.5 Å². The molecule has 0 spiro atoms. The topological polar surface area (TPSA) is 114 Å². The molecule has 3 rings (SSSR count). The van der Waals surface area contributed by atoms with Crippen LogP contribution in [0.3, 0.4) is 0 Å². The second-order valence-electron chi connectivity index (χ2n) is 9.35. The molecule has 10 nitrogen and oxygen atoms in total. The minimum atomic E-state index is -3.85. The molecule has 2 amide bonds. The largest absolute Gasteiger partial charge is 0.497 e. The predicted molar refractivity (Wildman–Crippen MR) is 150 cm³/mol. The first-order valence-electron chi connectivity index (χ1n) is 13.3. The lowest BCUT2D eigenvalue weighted by atomic mass is 10.1. The highest BCUT2D eigenvalue weighted by atomic mass is 32.2. The molecule has 0 radical (unpaired) electrons. The highest BCUT2D eigenvalue weighted by molar-refractivity contribution is 7.92. The molecule has 1 N–H and O–H groups in total. The molecule has 0 fully saturated rings. The minimum absolute atomic E-state index is 0.0702. The number of methoxy groups -OCH3 is 1. The number of nitrogens with one attached hydrogen (secondary N) is 1. The summed E-state index contributed by atoms with van der Waals surface area (Å²) < 4.78 is 43.9. The molecule has 1 aliphatic heterocycles. The Morgan fingerprint density at radius 1 is 1.00 bits per heavy atom. The second-order valence-corrected chi connectivity index (χ2v) is 11.5. The molecule has 0 aromatic heterocycles. The van der Waals surface area contributed by atoms with Gasteiger partial charge < -0.3 is 24.4 Å². The molecule has 1 aliphatic rings. The number of ether oxygens (including phenoxy) is 3. The number of amides is 2. The predicted octanol–water partition coefficient (Wildman–Crippen LogP) is 3.34. The summed E-state index contributed by atoms with van der Waals surface area (Å²) >= 11 is 0. The van der Waals surface area contributed by atoms with Gasteiger partial charge >= 0.3 is 0 Å². The Hall–Kier alpha value is -3.47. The third kappa shape index (κ3) is 7.56. The van der Waals surface area contributed by atoms with Crippen LogP contribution >= 0.6 is 0 Å². The Balaban J connectivity index is 1.97. The molecule has 1 heterocycles. The number of sulfonamides is 1. The standard InChI is InChI=1S/C28H39N3O7S/c1-6-20(4)29-28(33)24(7-2)30(18-21-9-12-23(36-5)13-10-21)27(32)19-31(39(34,35)8-3)22-11-14-25-26(17-22)38-16-15-37-25/h9-14,17,20,24H,6-8,15-16,18-19H2,1-5H3,(H,29,33)/t20-,24+/m0/s1. The normalized spacial score (nSPS) is 14.2. The summed E-state index contributed by atoms with van der Waals surface area (Å²) in [5, 5.41) is 2.97. The van der Waals surface area contributed by atoms with Gasteiger partial charge in [0.1, 0.15) is 31.5 Å². The van der Waals surface area contributed by atoms with Crippen molar-refractivity contribution in [2.24, 2.45) is 0 Å². The van der Waals surface area contributed by atoms with Crippen molar-refractivity contribution in [3.05, 3.63) is 48.0 Å². The molecule has 2 aromatic rings. The van der Waals surface area contributed by atoms with Gasteiger partial charge in [0, 0.05) is 18.7 Å². The maximum Gasteiger partial charge on any atom is 0.244 e. The van der Waals surface area contributed by atoms with Crippen LogP contribution in [0, 0.1) is 0 Å². The van der Waals surface area contributed by atoms with Crippen LogP contribution in [0.1, 0.15) is 46.1 Å². The van der Waals surface area contributed by atoms with Gasteiger partial charge in [-0.25, -0.2) is 8.42 Å². The number of carbonyl (C=O) groups is 2. The maximum atomic E-state index is 13.9. The van der Waals surface area contributed by atoms with Gasteiger partial charge in [-0.3, -0.25) is 13.9 Å². The quantitative estimate of drug-likeness (QED) is 0.399. The highest BCUT2D eigenvalue weighted by Crippen LogP contribution is 2.35. The minimum Gasteiger partial charge on any atom is -0.497 e. The van der Waals surface area contributed by atoms with Crippen molar-refractivity contribution in [1.82, 2.24) is 10.2 Å². The van der Waals surface area contributed by atoms with Crippen LogP contribution in [0.25, 0.3) is 0 Å². The Kier molecular flexibility index (Phi) is 10.4. The van der Waals surface area contributed by atoms with Gasteiger partial charge in [0.15, 0.2) is 11.5 Å². The highest BCUT2D eigenvalue weighted by Gasteiger charge is 2.33. The van der Waals surface area contributed by atoms with E-state index in [-0.39, 0.29) is 29.9 Å². The smallest absolute Gasteiger partial charge is 0.244 e. The molecule has 0 aliphatic carbocycles. The first kappa shape index (κ1) is 30.1. The van der Waals surface area contributed by atoms with Crippen molar-refractivity contribution in [1.29, 1.82) is 0 Å². The SMILES string of the molecule is CC[C@H](C(=O)N[C@@H](C)CC)N(Cc1ccc(OC)cc1)C(=O)CN(c1ccc2c(c1)OCCO2)S(=O)(=O)CC. The van der Waals surface area contributed by atoms with E-state index in [0.717, 1.165) is 16.3 Å². The second kappa shape index (κ2) is 13.5. The fourth-order valence-corrected chi connectivity index (χ4v) is 5.25. The van der Waals surface area contributed by atoms with Crippen LogP contribution in [0.4, 0.5) is 5.69 Å². The molecule has 2 aromatic carbocycles. The van der Waals surface area contributed by atoms with E-state index in [9.17, 15) is 18.0 Å². The first-order valence-corrected chi connectivity index (χ1v) is 14.9. The fourth-order valence-electron chi connectivity index (χ4n) is 4.20. The summed E-state index contributed by atoms with van der Waals surface area (Å²) in [6, 6.07) is 11.1. The summed E-state index contributed by atoms with van der Waals surface area (Å²) in [4.78, 5) is 28.6. The molecule has 0 unspecified atom stereocenters. The van der Waals surface area contributed by atoms with E-state index in [4.69, 9.17) is 14.2 Å². The van der Waals surface area contributed by atoms with E-state index in [1.54, 1.807) is 37.4 Å². The summed E-state index contributed by atoms with van der Waals surface area (Å²) in [5.74, 6) is 0.605. The van der Waals surface area contributed by atoms with Crippen LogP contribution in [-0.2, 0) is 26.2 Å². The monoisotopic (exact) mass is 561 g/mol. The van der Waals surface area contributed by atoms with E-state index in [1.165, 1.54) is 11.8 Å². The Bertz CT molecular complexity index is 1230. The number of anilines is 1. The Morgan fingerprint density at radius 2 is 1.67 bits per heavy atom. The van der Waals surface area contributed by atoms with Gasteiger partial charge in [0.05, 0.1) is 18.6 Å². The Labute approximate surface area is 231 Å². The zero-order chi connectivity index (χ0) is 28.6. The molecular formula is C28H39N3O7S. The van der Waals surface area contributed by atoms with Crippen LogP contribution in [0.15, 0.2) is 42.5 Å². The van der Waals surface area contributed by atoms with Crippen LogP contribution < -0.4 is 23.8 Å². The molecular weight excluding hydrogens is 522 g/mol. The van der Waals surface area contributed by atoms with E-state index in [1.807, 2.05) is 32.9 Å². The van der Waals surface area contributed by atoms with Crippen molar-refractivity contribution < 1.29 is 32.2 Å². The van der Waals surface area contributed by atoms with Gasteiger partial charge in [-0.15, -0.1) is 0 Å². The Morgan fingerprint density at radius 3 is 2.26 bits per heavy atom. The number of hydrogen-bond acceptors (Lipinski definition) is 7. The molecule has 0 bridgehead atoms. The molecule has 0 saturated heterocycles. The summed E-state index contributed by atoms with van der Waals surface area (Å²) in [6.07, 6.45) is 1.09. The maximum absolute atomic E-state index is 13.9. The zero-order valence-corrected chi connectivity index (χ0v) is 24.1. The number of rotatable bonds is 13. The van der Waals surface area contributed by atoms with Crippen molar-refractivity contribution >= 4 is 27.5 Å². The van der Waals surface area contributed by atoms with E-state index in [2.05, 4.69) is 5.32 Å². The van der Waals surface area contributed by atoms with Crippen molar-refractivity contribution in [2.45, 2.75) is 59.2 Å². The number of fused-ring (bicyclic) bond motifs is 1. The number of nitrogens with zero attached hydrogens (tertiary/aromatic N) is 2. The van der Waals surface area contributed by atoms with E-state index in [0.29, 0.717) is 36.9 Å². The lowest BCUT2D eigenvalue weighted by molar-refractivity contribution is -0.140. The average Bonchev–Trinajstić information content (AvgIpc) is 2.95. The number of carbonyl (C=O) groups excluding carboxylic acids is 2. The number of hydrogen-bond donors (Lipinski definition) is 1. The van der Waals surface area contributed by atoms with Gasteiger partial charge in [-0.05, 0) is 56.5 Å². The third-order valence-corrected chi connectivity index (χ3v) is 8.43. The first-order chi connectivity index (χ1) is 18.6. The van der Waals surface area contributed by atoms with Crippen LogP contribution in [-0.4, -0.2) is 69.8 Å². The van der Waals surface area contributed by atoms with Crippen molar-refractivity contribution in [2.75, 3.05) is 36.9 Å². The van der Waals surface area contributed by atoms with E-state index >= 15 is 0 Å². The summed E-state index contributed by atoms with van der Waals surface area (Å²) in [6.45, 7) is 7.61. The summed E-state index contributed by atoms with van der Waals surface area (Å²) in [5.41, 5.74) is 1.07.